The molecule has 0 radical (unpaired) electrons. The van der Waals surface area contributed by atoms with Crippen molar-refractivity contribution in [2.45, 2.75) is 135 Å². The van der Waals surface area contributed by atoms with Crippen LogP contribution in [0.2, 0.25) is 0 Å². The Kier molecular flexibility index (Phi) is 22.5. The number of carboxylic acid groups (broad SMARTS) is 1. The highest BCUT2D eigenvalue weighted by Crippen LogP contribution is 2.49. The number of esters is 3. The fraction of sp³-hybridized carbons (Fsp3) is 0.433. The van der Waals surface area contributed by atoms with Gasteiger partial charge in [0, 0.05) is 29.8 Å². The quantitative estimate of drug-likeness (QED) is 0.0154. The van der Waals surface area contributed by atoms with Crippen molar-refractivity contribution in [3.63, 3.8) is 0 Å². The molecule has 4 aromatic carbocycles. The lowest BCUT2D eigenvalue weighted by Crippen LogP contribution is -2.60. The highest BCUT2D eigenvalue weighted by Gasteiger charge is 2.50. The molecule has 94 heavy (non-hydrogen) atoms. The Morgan fingerprint density at radius 1 is 0.468 bits per heavy atom. The first-order chi connectivity index (χ1) is 44.7. The first-order valence-corrected chi connectivity index (χ1v) is 28.5. The lowest BCUT2D eigenvalue weighted by Gasteiger charge is -2.41. The number of aliphatic carboxylic acids is 1. The number of fused-ring (bicyclic) bond motifs is 1. The first kappa shape index (κ1) is 69.8. The van der Waals surface area contributed by atoms with Crippen LogP contribution in [-0.4, -0.2) is 265 Å². The van der Waals surface area contributed by atoms with Crippen LogP contribution in [0.3, 0.4) is 0 Å². The number of hydrogen-bond donors (Lipinski definition) is 18. The van der Waals surface area contributed by atoms with E-state index in [-0.39, 0.29) is 28.4 Å². The monoisotopic (exact) mass is 1330 g/mol. The second kappa shape index (κ2) is 30.3. The van der Waals surface area contributed by atoms with E-state index in [2.05, 4.69) is 0 Å². The molecule has 0 aromatic heterocycles. The molecule has 4 aromatic rings. The summed E-state index contributed by atoms with van der Waals surface area (Å²) in [6, 6.07) is 15.4. The third kappa shape index (κ3) is 16.3. The number of aromatic hydroxyl groups is 4. The second-order valence-electron chi connectivity index (χ2n) is 21.8. The van der Waals surface area contributed by atoms with E-state index in [1.807, 2.05) is 0 Å². The van der Waals surface area contributed by atoms with Gasteiger partial charge in [0.05, 0.1) is 12.2 Å². The molecule has 510 valence electrons. The Morgan fingerprint density at radius 3 is 1.36 bits per heavy atom. The molecular weight excluding hydrogens is 1260 g/mol. The van der Waals surface area contributed by atoms with Gasteiger partial charge in [-0.3, -0.25) is 9.59 Å². The molecule has 21 atom stereocenters. The number of hydrogen-bond acceptors (Lipinski definition) is 33. The molecule has 0 saturated carbocycles. The predicted octanol–water partition coefficient (Wildman–Crippen LogP) is -4.11. The van der Waals surface area contributed by atoms with Gasteiger partial charge < -0.3 is 149 Å². The molecule has 5 aliphatic rings. The summed E-state index contributed by atoms with van der Waals surface area (Å²) in [5, 5.41) is 192. The maximum atomic E-state index is 13.1. The van der Waals surface area contributed by atoms with E-state index < -0.39 is 220 Å². The van der Waals surface area contributed by atoms with Gasteiger partial charge in [0.25, 0.3) is 0 Å². The summed E-state index contributed by atoms with van der Waals surface area (Å²) in [7, 11) is 0. The van der Waals surface area contributed by atoms with E-state index in [1.54, 1.807) is 12.1 Å². The minimum atomic E-state index is -2.21. The molecule has 0 spiro atoms. The largest absolute Gasteiger partial charge is 0.508 e. The molecule has 4 saturated heterocycles. The number of aliphatic hydroxyl groups excluding tert-OH is 13. The van der Waals surface area contributed by atoms with Gasteiger partial charge in [-0.05, 0) is 65.8 Å². The van der Waals surface area contributed by atoms with E-state index in [4.69, 9.17) is 61.9 Å². The highest BCUT2D eigenvalue weighted by molar-refractivity contribution is 5.90. The highest BCUT2D eigenvalue weighted by atomic mass is 16.7. The van der Waals surface area contributed by atoms with Crippen LogP contribution in [0.15, 0.2) is 90.7 Å². The standard InChI is InChI=1S/C60H66O34/c61-19-35-44(71)48(75)53(80)58(91-35)88-32-13-25(56-34(17-29-30(64)15-27(63)16-31(29)87-56)90-60-55(82)51(78)47(74)38(94-60)22-85-42(69)18-39(65)66)14-33(43(32)70)89-59-54(81)50(77)46(73)37(93-59)21-84-41(68)12-6-24-3-9-28(10-4-24)86-57-52(79)49(76)45(72)36(92-57)20-83-40(67)11-5-23-1-7-26(62)8-2-23/h1-17,35-38,44-64,70-82H,18-22H2,(H,65,66)/b11-5+,12-6+/t35-,36-,37+,38-,44-,45-,46-,47-,48+,49+,50+,51+,52-,53+,54-,55-,56?,57-,58-,59-,60-/m1/s1. The molecular formula is C60H66O34. The number of benzene rings is 4. The number of rotatable bonds is 22. The maximum absolute atomic E-state index is 13.1. The molecule has 9 rings (SSSR count). The fourth-order valence-electron chi connectivity index (χ4n) is 9.99. The van der Waals surface area contributed by atoms with Crippen molar-refractivity contribution in [3.8, 4) is 46.0 Å². The smallest absolute Gasteiger partial charge is 0.330 e. The van der Waals surface area contributed by atoms with E-state index in [0.717, 1.165) is 42.5 Å². The molecule has 34 nitrogen and oxygen atoms in total. The van der Waals surface area contributed by atoms with Crippen LogP contribution in [0.25, 0.3) is 18.2 Å². The van der Waals surface area contributed by atoms with Gasteiger partial charge in [0.1, 0.15) is 158 Å². The van der Waals surface area contributed by atoms with Crippen molar-refractivity contribution >= 4 is 42.1 Å². The Labute approximate surface area is 529 Å². The molecule has 34 heteroatoms. The van der Waals surface area contributed by atoms with E-state index in [1.165, 1.54) is 48.6 Å². The lowest BCUT2D eigenvalue weighted by molar-refractivity contribution is -0.294. The number of aliphatic hydroxyl groups is 13. The van der Waals surface area contributed by atoms with Gasteiger partial charge in [0.2, 0.25) is 30.9 Å². The summed E-state index contributed by atoms with van der Waals surface area (Å²) in [4.78, 5) is 48.6. The Hall–Kier alpha value is -8.50. The minimum absolute atomic E-state index is 0.0183. The molecule has 4 fully saturated rings. The Morgan fingerprint density at radius 2 is 0.894 bits per heavy atom. The third-order valence-corrected chi connectivity index (χ3v) is 15.2. The van der Waals surface area contributed by atoms with Crippen molar-refractivity contribution < 1.29 is 168 Å². The van der Waals surface area contributed by atoms with E-state index >= 15 is 0 Å². The summed E-state index contributed by atoms with van der Waals surface area (Å²) in [5.41, 5.74) is 0.396. The van der Waals surface area contributed by atoms with Crippen molar-refractivity contribution in [2.24, 2.45) is 0 Å². The van der Waals surface area contributed by atoms with Gasteiger partial charge in [-0.2, -0.15) is 0 Å². The van der Waals surface area contributed by atoms with Crippen molar-refractivity contribution in [1.82, 2.24) is 0 Å². The number of carbonyl (C=O) groups excluding carboxylic acids is 3. The summed E-state index contributed by atoms with van der Waals surface area (Å²) in [5.74, 6) is -9.30. The average molecular weight is 1330 g/mol. The zero-order chi connectivity index (χ0) is 68.0. The van der Waals surface area contributed by atoms with Crippen LogP contribution in [0.5, 0.6) is 46.0 Å². The summed E-state index contributed by atoms with van der Waals surface area (Å²) >= 11 is 0. The SMILES string of the molecule is O=C(O)CC(=O)OC[C@H]1O[C@@H](OC2=Cc3c(O)cc(O)cc3OC2c2cc(O[C@@H]3O[C@H](CO)[C@@H](O)[C@H](O)[C@@H]3O)c(O)c(O[C@@H]3O[C@@H](COC(=O)/C=C/c4ccc(O[C@@H]5O[C@H](COC(=O)/C=C/c6ccc(O)cc6)[C@@H](O)[C@H](O)[C@H]5O)cc4)[C@@H](O)[C@H](O)[C@H]3O)c2)[C@H](O)[C@@H](O)[C@@H]1O. The van der Waals surface area contributed by atoms with Crippen LogP contribution < -0.4 is 18.9 Å². The third-order valence-electron chi connectivity index (χ3n) is 15.2. The number of carboxylic acids is 1. The second-order valence-corrected chi connectivity index (χ2v) is 21.8. The van der Waals surface area contributed by atoms with Crippen molar-refractivity contribution in [3.05, 3.63) is 113 Å². The zero-order valence-electron chi connectivity index (χ0n) is 48.6. The summed E-state index contributed by atoms with van der Waals surface area (Å²) in [6.45, 7) is -3.25. The molecule has 1 unspecified atom stereocenters. The molecule has 0 aliphatic carbocycles. The van der Waals surface area contributed by atoms with E-state index in [9.17, 15) is 106 Å². The lowest BCUT2D eigenvalue weighted by atomic mass is 9.98. The fourth-order valence-corrected chi connectivity index (χ4v) is 9.99. The van der Waals surface area contributed by atoms with Gasteiger partial charge in [0.15, 0.2) is 17.6 Å². The van der Waals surface area contributed by atoms with Gasteiger partial charge in [-0.15, -0.1) is 0 Å². The number of ether oxygens (including phenoxy) is 12. The van der Waals surface area contributed by atoms with Crippen LogP contribution >= 0.6 is 0 Å². The van der Waals surface area contributed by atoms with Gasteiger partial charge >= 0.3 is 23.9 Å². The van der Waals surface area contributed by atoms with Crippen LogP contribution in [0.4, 0.5) is 0 Å². The predicted molar refractivity (Wildman–Crippen MR) is 304 cm³/mol. The maximum Gasteiger partial charge on any atom is 0.330 e. The van der Waals surface area contributed by atoms with Crippen LogP contribution in [-0.2, 0) is 57.1 Å². The first-order valence-electron chi connectivity index (χ1n) is 28.5. The van der Waals surface area contributed by atoms with Crippen molar-refractivity contribution in [1.29, 1.82) is 0 Å². The van der Waals surface area contributed by atoms with Gasteiger partial charge in [-0.1, -0.05) is 24.3 Å². The molecule has 5 aliphatic heterocycles. The number of phenolic OH excluding ortho intramolecular Hbond substituents is 4. The number of carbonyl (C=O) groups is 4. The van der Waals surface area contributed by atoms with Gasteiger partial charge in [-0.25, -0.2) is 9.59 Å². The summed E-state index contributed by atoms with van der Waals surface area (Å²) < 4.78 is 67.6. The molecule has 18 N–H and O–H groups in total. The molecule has 0 bridgehead atoms. The average Bonchev–Trinajstić information content (AvgIpc) is 0.766. The van der Waals surface area contributed by atoms with Crippen molar-refractivity contribution in [2.75, 3.05) is 26.4 Å². The molecule has 0 amide bonds. The summed E-state index contributed by atoms with van der Waals surface area (Å²) in [6.07, 6.45) is -35.3. The topological polar surface area (TPSA) is 543 Å². The minimum Gasteiger partial charge on any atom is -0.508 e. The zero-order valence-corrected chi connectivity index (χ0v) is 48.6. The van der Waals surface area contributed by atoms with E-state index in [0.29, 0.717) is 11.1 Å². The Bertz CT molecular complexity index is 3390. The van der Waals surface area contributed by atoms with Crippen LogP contribution in [0.1, 0.15) is 34.8 Å². The Balaban J connectivity index is 0.905. The number of phenols is 4. The van der Waals surface area contributed by atoms with Crippen LogP contribution in [0, 0.1) is 0 Å². The normalized spacial score (nSPS) is 32.5. The molecule has 5 heterocycles.